The highest BCUT2D eigenvalue weighted by Crippen LogP contribution is 2.34. The number of thiocarbonyl (C=S) groups is 1. The first-order chi connectivity index (χ1) is 22.9. The van der Waals surface area contributed by atoms with Gasteiger partial charge in [0.15, 0.2) is 0 Å². The quantitative estimate of drug-likeness (QED) is 0.114. The highest BCUT2D eigenvalue weighted by Gasteiger charge is 2.30. The van der Waals surface area contributed by atoms with Gasteiger partial charge in [-0.3, -0.25) is 9.59 Å². The van der Waals surface area contributed by atoms with Gasteiger partial charge in [0.25, 0.3) is 11.1 Å². The van der Waals surface area contributed by atoms with Crippen LogP contribution in [-0.4, -0.2) is 62.9 Å². The molecule has 0 saturated carbocycles. The van der Waals surface area contributed by atoms with Gasteiger partial charge in [0.1, 0.15) is 5.75 Å². The second-order valence-corrected chi connectivity index (χ2v) is 12.2. The first-order valence-corrected chi connectivity index (χ1v) is 16.5. The lowest BCUT2D eigenvalue weighted by molar-refractivity contribution is -0.136. The van der Waals surface area contributed by atoms with E-state index in [1.807, 2.05) is 66.1 Å². The molecule has 0 radical (unpaired) electrons. The third-order valence-corrected chi connectivity index (χ3v) is 9.34. The van der Waals surface area contributed by atoms with Gasteiger partial charge >= 0.3 is 0 Å². The van der Waals surface area contributed by atoms with E-state index in [0.717, 1.165) is 57.5 Å². The number of hydrogen-bond donors (Lipinski definition) is 1. The van der Waals surface area contributed by atoms with Crippen LogP contribution in [0.2, 0.25) is 0 Å². The van der Waals surface area contributed by atoms with Crippen molar-refractivity contribution in [1.82, 2.24) is 19.8 Å². The maximum Gasteiger partial charge on any atom is 0.264 e. The predicted octanol–water partition coefficient (Wildman–Crippen LogP) is 7.59. The Labute approximate surface area is 278 Å². The smallest absolute Gasteiger partial charge is 0.264 e. The number of nitrogens with zero attached hydrogens (tertiary/aromatic N) is 4. The zero-order valence-corrected chi connectivity index (χ0v) is 27.2. The van der Waals surface area contributed by atoms with Crippen molar-refractivity contribution in [2.75, 3.05) is 31.5 Å². The molecule has 6 aromatic rings. The molecule has 1 fully saturated rings. The minimum absolute atomic E-state index is 0.0877. The van der Waals surface area contributed by atoms with Crippen molar-refractivity contribution in [3.05, 3.63) is 96.6 Å². The normalized spacial score (nSPS) is 14.9. The van der Waals surface area contributed by atoms with Crippen LogP contribution in [0, 0.1) is 5.92 Å². The first-order valence-electron chi connectivity index (χ1n) is 16.1. The summed E-state index contributed by atoms with van der Waals surface area (Å²) in [5.41, 5.74) is 4.26. The van der Waals surface area contributed by atoms with Gasteiger partial charge in [-0.2, -0.15) is 0 Å². The Morgan fingerprint density at radius 2 is 1.47 bits per heavy atom. The number of amides is 2. The highest BCUT2D eigenvalue weighted by atomic mass is 32.1. The highest BCUT2D eigenvalue weighted by molar-refractivity contribution is 7.80. The molecule has 0 unspecified atom stereocenters. The number of carbonyl (C=O) groups excluding carboxylic acids is 2. The molecule has 5 aromatic carbocycles. The minimum atomic E-state index is -0.252. The SMILES string of the molecule is CCN(CC)C(=O)[C@@H]1CCCN(C(=S)Oc2ccc(C(=O)Nc3ccc4nc5c6ccccc6c6ccccc6c5nc4c3)cc2)C1. The molecule has 1 N–H and O–H groups in total. The zero-order valence-electron chi connectivity index (χ0n) is 26.4. The fraction of sp³-hybridized carbons (Fsp3) is 0.237. The Hall–Kier alpha value is -5.15. The lowest BCUT2D eigenvalue weighted by Crippen LogP contribution is -2.47. The van der Waals surface area contributed by atoms with Gasteiger partial charge in [-0.05, 0) is 92.1 Å². The fourth-order valence-corrected chi connectivity index (χ4v) is 6.80. The number of nitrogens with one attached hydrogen (secondary N) is 1. The topological polar surface area (TPSA) is 87.7 Å². The molecule has 1 aromatic heterocycles. The summed E-state index contributed by atoms with van der Waals surface area (Å²) in [4.78, 5) is 40.0. The minimum Gasteiger partial charge on any atom is -0.432 e. The van der Waals surface area contributed by atoms with Gasteiger partial charge in [-0.25, -0.2) is 9.97 Å². The summed E-state index contributed by atoms with van der Waals surface area (Å²) in [5, 5.41) is 7.71. The maximum atomic E-state index is 13.2. The van der Waals surface area contributed by atoms with Crippen LogP contribution < -0.4 is 10.1 Å². The molecule has 1 saturated heterocycles. The summed E-state index contributed by atoms with van der Waals surface area (Å²) in [6.07, 6.45) is 1.73. The molecule has 0 bridgehead atoms. The van der Waals surface area contributed by atoms with Gasteiger partial charge in [0.2, 0.25) is 5.91 Å². The van der Waals surface area contributed by atoms with Crippen LogP contribution in [-0.2, 0) is 4.79 Å². The second kappa shape index (κ2) is 12.9. The van der Waals surface area contributed by atoms with Crippen LogP contribution in [0.1, 0.15) is 37.0 Å². The number of fused-ring (bicyclic) bond motifs is 7. The van der Waals surface area contributed by atoms with Gasteiger partial charge in [0, 0.05) is 48.2 Å². The first kappa shape index (κ1) is 30.5. The van der Waals surface area contributed by atoms with E-state index in [9.17, 15) is 9.59 Å². The number of hydrogen-bond acceptors (Lipinski definition) is 6. The Bertz CT molecular complexity index is 2160. The van der Waals surface area contributed by atoms with E-state index in [1.54, 1.807) is 24.3 Å². The van der Waals surface area contributed by atoms with Crippen LogP contribution in [0.3, 0.4) is 0 Å². The van der Waals surface area contributed by atoms with Crippen molar-refractivity contribution < 1.29 is 14.3 Å². The molecule has 2 heterocycles. The molecular weight excluding hydrogens is 607 g/mol. The van der Waals surface area contributed by atoms with Gasteiger partial charge < -0.3 is 19.9 Å². The molecule has 2 amide bonds. The number of benzene rings is 5. The van der Waals surface area contributed by atoms with Crippen LogP contribution in [0.5, 0.6) is 5.75 Å². The largest absolute Gasteiger partial charge is 0.432 e. The van der Waals surface area contributed by atoms with Crippen molar-refractivity contribution in [3.63, 3.8) is 0 Å². The van der Waals surface area contributed by atoms with E-state index in [2.05, 4.69) is 29.6 Å². The number of ether oxygens (including phenoxy) is 1. The fourth-order valence-electron chi connectivity index (χ4n) is 6.54. The van der Waals surface area contributed by atoms with E-state index in [1.165, 1.54) is 0 Å². The standard InChI is InChI=1S/C38H35N5O3S/c1-3-42(4-2)37(45)25-10-9-21-43(23-25)38(47)46-27-18-15-24(16-19-27)36(44)39-26-17-20-32-33(22-26)41-35-31-14-8-6-12-29(31)28-11-5-7-13-30(28)34(35)40-32/h5-8,11-20,22,25H,3-4,9-10,21,23H2,1-2H3,(H,39,44)/t25-/m1/s1. The van der Waals surface area contributed by atoms with Gasteiger partial charge in [0.05, 0.1) is 28.0 Å². The average molecular weight is 642 g/mol. The van der Waals surface area contributed by atoms with Gasteiger partial charge in [-0.1, -0.05) is 48.5 Å². The number of anilines is 1. The molecule has 1 atom stereocenters. The van der Waals surface area contributed by atoms with E-state index in [0.29, 0.717) is 47.3 Å². The number of likely N-dealkylation sites (tertiary alicyclic amines) is 1. The molecule has 47 heavy (non-hydrogen) atoms. The molecule has 9 heteroatoms. The van der Waals surface area contributed by atoms with E-state index < -0.39 is 0 Å². The summed E-state index contributed by atoms with van der Waals surface area (Å²) >= 11 is 5.59. The van der Waals surface area contributed by atoms with Crippen LogP contribution in [0.25, 0.3) is 43.6 Å². The Morgan fingerprint density at radius 3 is 2.11 bits per heavy atom. The summed E-state index contributed by atoms with van der Waals surface area (Å²) < 4.78 is 5.97. The number of carbonyl (C=O) groups is 2. The molecule has 0 spiro atoms. The summed E-state index contributed by atoms with van der Waals surface area (Å²) in [7, 11) is 0. The van der Waals surface area contributed by atoms with Gasteiger partial charge in [-0.15, -0.1) is 0 Å². The third kappa shape index (κ3) is 5.94. The van der Waals surface area contributed by atoms with Crippen LogP contribution in [0.4, 0.5) is 5.69 Å². The molecule has 0 aliphatic carbocycles. The third-order valence-electron chi connectivity index (χ3n) is 9.00. The maximum absolute atomic E-state index is 13.2. The number of piperidine rings is 1. The Morgan fingerprint density at radius 1 is 0.851 bits per heavy atom. The molecule has 1 aliphatic rings. The Balaban J connectivity index is 1.06. The summed E-state index contributed by atoms with van der Waals surface area (Å²) in [5.74, 6) is 0.371. The van der Waals surface area contributed by atoms with Crippen molar-refractivity contribution in [2.45, 2.75) is 26.7 Å². The van der Waals surface area contributed by atoms with E-state index >= 15 is 0 Å². The van der Waals surface area contributed by atoms with Crippen LogP contribution >= 0.6 is 12.2 Å². The lowest BCUT2D eigenvalue weighted by atomic mass is 9.97. The predicted molar refractivity (Wildman–Crippen MR) is 192 cm³/mol. The summed E-state index contributed by atoms with van der Waals surface area (Å²) in [6, 6.07) is 29.0. The lowest BCUT2D eigenvalue weighted by Gasteiger charge is -2.35. The molecule has 1 aliphatic heterocycles. The van der Waals surface area contributed by atoms with Crippen molar-refractivity contribution >= 4 is 78.5 Å². The van der Waals surface area contributed by atoms with Crippen LogP contribution in [0.15, 0.2) is 91.0 Å². The zero-order chi connectivity index (χ0) is 32.5. The molecule has 236 valence electrons. The van der Waals surface area contributed by atoms with E-state index in [-0.39, 0.29) is 17.7 Å². The number of rotatable bonds is 6. The Kier molecular flexibility index (Phi) is 8.39. The van der Waals surface area contributed by atoms with Crippen molar-refractivity contribution in [1.29, 1.82) is 0 Å². The second-order valence-electron chi connectivity index (χ2n) is 11.9. The van der Waals surface area contributed by atoms with Crippen molar-refractivity contribution in [2.24, 2.45) is 5.92 Å². The monoisotopic (exact) mass is 641 g/mol. The number of aromatic nitrogens is 2. The van der Waals surface area contributed by atoms with Crippen molar-refractivity contribution in [3.8, 4) is 5.75 Å². The molecule has 8 nitrogen and oxygen atoms in total. The summed E-state index contributed by atoms with van der Waals surface area (Å²) in [6.45, 7) is 6.70. The molecular formula is C38H35N5O3S. The van der Waals surface area contributed by atoms with E-state index in [4.69, 9.17) is 26.9 Å². The molecule has 7 rings (SSSR count). The average Bonchev–Trinajstić information content (AvgIpc) is 3.12.